The van der Waals surface area contributed by atoms with Crippen LogP contribution in [-0.4, -0.2) is 23.2 Å². The van der Waals surface area contributed by atoms with Gasteiger partial charge in [0.05, 0.1) is 0 Å². The molecule has 7 heteroatoms. The van der Waals surface area contributed by atoms with Crippen molar-refractivity contribution in [3.63, 3.8) is 0 Å². The van der Waals surface area contributed by atoms with Crippen LogP contribution in [0.4, 0.5) is 8.78 Å². The van der Waals surface area contributed by atoms with Gasteiger partial charge < -0.3 is 10.1 Å². The van der Waals surface area contributed by atoms with Crippen molar-refractivity contribution in [2.24, 2.45) is 22.2 Å². The first-order valence-corrected chi connectivity index (χ1v) is 9.66. The molecule has 5 nitrogen and oxygen atoms in total. The highest BCUT2D eigenvalue weighted by molar-refractivity contribution is 5.68. The predicted octanol–water partition coefficient (Wildman–Crippen LogP) is 5.45. The molecule has 0 radical (unpaired) electrons. The van der Waals surface area contributed by atoms with Crippen molar-refractivity contribution in [2.45, 2.75) is 27.7 Å². The van der Waals surface area contributed by atoms with Gasteiger partial charge in [0, 0.05) is 37.5 Å². The van der Waals surface area contributed by atoms with Crippen molar-refractivity contribution in [3.8, 4) is 6.01 Å². The van der Waals surface area contributed by atoms with E-state index >= 15 is 4.39 Å². The minimum atomic E-state index is -0.593. The van der Waals surface area contributed by atoms with Crippen molar-refractivity contribution < 1.29 is 13.5 Å². The van der Waals surface area contributed by atoms with Crippen LogP contribution in [0.15, 0.2) is 83.1 Å². The summed E-state index contributed by atoms with van der Waals surface area (Å²) < 4.78 is 35.3. The van der Waals surface area contributed by atoms with Gasteiger partial charge in [-0.2, -0.15) is 0 Å². The number of nitrogens with one attached hydrogen (secondary N) is 1. The number of aliphatic imine (C=N–C) groups is 1. The van der Waals surface area contributed by atoms with E-state index in [0.29, 0.717) is 5.57 Å². The van der Waals surface area contributed by atoms with Crippen molar-refractivity contribution in [1.29, 1.82) is 0 Å². The summed E-state index contributed by atoms with van der Waals surface area (Å²) in [5, 5.41) is 2.66. The lowest BCUT2D eigenvalue weighted by atomic mass is 9.79. The van der Waals surface area contributed by atoms with Gasteiger partial charge >= 0.3 is 6.01 Å². The molecule has 1 aromatic rings. The molecule has 1 aliphatic carbocycles. The van der Waals surface area contributed by atoms with E-state index in [0.717, 1.165) is 6.08 Å². The van der Waals surface area contributed by atoms with Crippen LogP contribution in [0.2, 0.25) is 0 Å². The summed E-state index contributed by atoms with van der Waals surface area (Å²) in [6.07, 6.45) is 11.0. The Hall–Kier alpha value is -3.09. The maximum atomic E-state index is 15.7. The molecule has 2 unspecified atom stereocenters. The predicted molar refractivity (Wildman–Crippen MR) is 116 cm³/mol. The summed E-state index contributed by atoms with van der Waals surface area (Å²) in [5.74, 6) is -1.74. The van der Waals surface area contributed by atoms with Crippen molar-refractivity contribution in [2.75, 3.05) is 7.05 Å². The highest BCUT2D eigenvalue weighted by atomic mass is 19.1. The molecule has 2 rings (SSSR count). The number of halogens is 2. The lowest BCUT2D eigenvalue weighted by molar-refractivity contribution is 0.232. The van der Waals surface area contributed by atoms with E-state index in [-0.39, 0.29) is 28.9 Å². The van der Waals surface area contributed by atoms with Crippen LogP contribution in [0.1, 0.15) is 27.7 Å². The zero-order valence-electron chi connectivity index (χ0n) is 18.0. The molecule has 0 fully saturated rings. The lowest BCUT2D eigenvalue weighted by Gasteiger charge is -2.29. The zero-order chi connectivity index (χ0) is 22.3. The first-order valence-electron chi connectivity index (χ1n) is 9.66. The standard InChI is InChI=1S/C23H28F2N4O/c1-7-18(24)21(26-6)29-14-15(2)16-10-8-11-17(23(3,4)5)20(19(16)25)30-22-27-12-9-13-28-22/h7-15,17,26H,1H2,2-6H3/b21-18+,29-14-. The molecule has 2 atom stereocenters. The first kappa shape index (κ1) is 23.2. The molecule has 0 aliphatic heterocycles. The molecule has 1 heterocycles. The second kappa shape index (κ2) is 10.1. The summed E-state index contributed by atoms with van der Waals surface area (Å²) in [7, 11) is 1.55. The van der Waals surface area contributed by atoms with E-state index in [1.807, 2.05) is 26.8 Å². The number of rotatable bonds is 7. The highest BCUT2D eigenvalue weighted by Crippen LogP contribution is 2.40. The van der Waals surface area contributed by atoms with E-state index in [9.17, 15) is 4.39 Å². The topological polar surface area (TPSA) is 59.4 Å². The quantitative estimate of drug-likeness (QED) is 0.476. The third-order valence-corrected chi connectivity index (χ3v) is 4.57. The van der Waals surface area contributed by atoms with Gasteiger partial charge in [-0.15, -0.1) is 0 Å². The first-order chi connectivity index (χ1) is 14.2. The van der Waals surface area contributed by atoms with Gasteiger partial charge in [-0.1, -0.05) is 52.5 Å². The molecule has 1 aromatic heterocycles. The Kier molecular flexibility index (Phi) is 7.80. The summed E-state index contributed by atoms with van der Waals surface area (Å²) in [6, 6.07) is 1.73. The number of nitrogens with zero attached hydrogens (tertiary/aromatic N) is 3. The van der Waals surface area contributed by atoms with Gasteiger partial charge in [0.25, 0.3) is 0 Å². The minimum Gasteiger partial charge on any atom is -0.425 e. The van der Waals surface area contributed by atoms with Crippen molar-refractivity contribution >= 4 is 6.21 Å². The normalized spacial score (nSPS) is 19.2. The second-order valence-corrected chi connectivity index (χ2v) is 7.88. The fraction of sp³-hybridized carbons (Fsp3) is 0.348. The van der Waals surface area contributed by atoms with Crippen LogP contribution >= 0.6 is 0 Å². The van der Waals surface area contributed by atoms with Crippen LogP contribution in [0, 0.1) is 17.3 Å². The Morgan fingerprint density at radius 3 is 2.57 bits per heavy atom. The maximum absolute atomic E-state index is 15.7. The molecule has 0 amide bonds. The fourth-order valence-electron chi connectivity index (χ4n) is 2.90. The van der Waals surface area contributed by atoms with Crippen molar-refractivity contribution in [3.05, 3.63) is 78.2 Å². The molecule has 160 valence electrons. The van der Waals surface area contributed by atoms with Gasteiger partial charge in [0.2, 0.25) is 0 Å². The van der Waals surface area contributed by atoms with Crippen LogP contribution in [0.5, 0.6) is 6.01 Å². The van der Waals surface area contributed by atoms with E-state index < -0.39 is 17.6 Å². The molecular formula is C23H28F2N4O. The zero-order valence-corrected chi connectivity index (χ0v) is 18.0. The highest BCUT2D eigenvalue weighted by Gasteiger charge is 2.33. The molecule has 1 aliphatic rings. The number of aromatic nitrogens is 2. The van der Waals surface area contributed by atoms with Gasteiger partial charge in [-0.3, -0.25) is 0 Å². The number of ether oxygens (including phenoxy) is 1. The number of hydrogen-bond acceptors (Lipinski definition) is 5. The largest absolute Gasteiger partial charge is 0.425 e. The molecule has 0 saturated carbocycles. The molecule has 30 heavy (non-hydrogen) atoms. The Balaban J connectivity index is 2.46. The van der Waals surface area contributed by atoms with E-state index in [2.05, 4.69) is 26.9 Å². The average Bonchev–Trinajstić information content (AvgIpc) is 2.88. The number of allylic oxidation sites excluding steroid dienone is 7. The van der Waals surface area contributed by atoms with Crippen LogP contribution in [0.3, 0.4) is 0 Å². The molecule has 0 spiro atoms. The second-order valence-electron chi connectivity index (χ2n) is 7.88. The van der Waals surface area contributed by atoms with E-state index in [1.54, 1.807) is 32.2 Å². The Bertz CT molecular complexity index is 909. The molecule has 0 bridgehead atoms. The molecular weight excluding hydrogens is 386 g/mol. The Morgan fingerprint density at radius 1 is 1.33 bits per heavy atom. The van der Waals surface area contributed by atoms with Crippen LogP contribution in [-0.2, 0) is 0 Å². The maximum Gasteiger partial charge on any atom is 0.321 e. The Labute approximate surface area is 176 Å². The van der Waals surface area contributed by atoms with Gasteiger partial charge in [0.15, 0.2) is 23.2 Å². The number of hydrogen-bond donors (Lipinski definition) is 1. The molecule has 0 aromatic carbocycles. The summed E-state index contributed by atoms with van der Waals surface area (Å²) in [4.78, 5) is 12.2. The SMILES string of the molecule is C=C/C(F)=C(\N=C/C(C)C1=CC=CC(C(C)(C)C)C(Oc2ncccn2)=C1F)NC. The van der Waals surface area contributed by atoms with E-state index in [1.165, 1.54) is 18.6 Å². The third kappa shape index (κ3) is 5.72. The summed E-state index contributed by atoms with van der Waals surface area (Å²) in [6.45, 7) is 11.2. The molecule has 0 saturated heterocycles. The van der Waals surface area contributed by atoms with Gasteiger partial charge in [-0.25, -0.2) is 23.7 Å². The minimum absolute atomic E-state index is 0.0210. The van der Waals surface area contributed by atoms with Crippen molar-refractivity contribution in [1.82, 2.24) is 15.3 Å². The monoisotopic (exact) mass is 414 g/mol. The van der Waals surface area contributed by atoms with Gasteiger partial charge in [-0.05, 0) is 23.1 Å². The Morgan fingerprint density at radius 2 is 2.00 bits per heavy atom. The smallest absolute Gasteiger partial charge is 0.321 e. The van der Waals surface area contributed by atoms with Crippen LogP contribution in [0.25, 0.3) is 0 Å². The summed E-state index contributed by atoms with van der Waals surface area (Å²) in [5.41, 5.74) is 0.0513. The lowest BCUT2D eigenvalue weighted by Crippen LogP contribution is -2.25. The average molecular weight is 415 g/mol. The van der Waals surface area contributed by atoms with E-state index in [4.69, 9.17) is 4.74 Å². The molecule has 1 N–H and O–H groups in total. The third-order valence-electron chi connectivity index (χ3n) is 4.57. The fourth-order valence-corrected chi connectivity index (χ4v) is 2.90. The van der Waals surface area contributed by atoms with Gasteiger partial charge in [0.1, 0.15) is 0 Å². The van der Waals surface area contributed by atoms with Crippen LogP contribution < -0.4 is 10.1 Å². The summed E-state index contributed by atoms with van der Waals surface area (Å²) >= 11 is 0.